The minimum Gasteiger partial charge on any atom is -0.346 e. The number of amides is 1. The van der Waals surface area contributed by atoms with Crippen molar-refractivity contribution in [1.82, 2.24) is 14.6 Å². The van der Waals surface area contributed by atoms with Crippen molar-refractivity contribution in [3.05, 3.63) is 45.9 Å². The molecule has 1 fully saturated rings. The first-order valence-electron chi connectivity index (χ1n) is 9.70. The van der Waals surface area contributed by atoms with Crippen LogP contribution in [0.3, 0.4) is 0 Å². The molecule has 1 aromatic heterocycles. The molecule has 28 heavy (non-hydrogen) atoms. The first kappa shape index (κ1) is 21.0. The summed E-state index contributed by atoms with van der Waals surface area (Å²) in [5.74, 6) is 0.131. The molecule has 1 aromatic carbocycles. The van der Waals surface area contributed by atoms with Gasteiger partial charge in [0.15, 0.2) is 0 Å². The van der Waals surface area contributed by atoms with E-state index in [2.05, 4.69) is 24.1 Å². The third-order valence-corrected chi connectivity index (χ3v) is 7.92. The molecule has 0 bridgehead atoms. The molecule has 0 aliphatic carbocycles. The number of benzene rings is 1. The fourth-order valence-corrected chi connectivity index (χ4v) is 5.50. The fourth-order valence-electron chi connectivity index (χ4n) is 3.15. The van der Waals surface area contributed by atoms with Gasteiger partial charge in [0.25, 0.3) is 5.91 Å². The van der Waals surface area contributed by atoms with Gasteiger partial charge in [-0.3, -0.25) is 4.79 Å². The maximum atomic E-state index is 12.8. The van der Waals surface area contributed by atoms with Crippen LogP contribution in [0.5, 0.6) is 0 Å². The van der Waals surface area contributed by atoms with Gasteiger partial charge in [-0.25, -0.2) is 13.4 Å². The lowest BCUT2D eigenvalue weighted by Crippen LogP contribution is -2.32. The van der Waals surface area contributed by atoms with Gasteiger partial charge < -0.3 is 5.32 Å². The molecule has 0 spiro atoms. The van der Waals surface area contributed by atoms with Crippen LogP contribution in [-0.4, -0.2) is 36.7 Å². The average Bonchev–Trinajstić information content (AvgIpc) is 2.99. The van der Waals surface area contributed by atoms with E-state index in [1.165, 1.54) is 12.1 Å². The number of rotatable bonds is 6. The zero-order chi connectivity index (χ0) is 20.1. The molecule has 6 nitrogen and oxygen atoms in total. The highest BCUT2D eigenvalue weighted by Crippen LogP contribution is 2.21. The molecule has 0 unspecified atom stereocenters. The van der Waals surface area contributed by atoms with Crippen molar-refractivity contribution in [2.75, 3.05) is 13.1 Å². The summed E-state index contributed by atoms with van der Waals surface area (Å²) in [6.07, 6.45) is 3.94. The van der Waals surface area contributed by atoms with Crippen molar-refractivity contribution >= 4 is 27.3 Å². The number of nitrogens with zero attached hydrogens (tertiary/aromatic N) is 2. The highest BCUT2D eigenvalue weighted by Gasteiger charge is 2.25. The number of hydrogen-bond donors (Lipinski definition) is 1. The van der Waals surface area contributed by atoms with E-state index in [-0.39, 0.29) is 10.8 Å². The summed E-state index contributed by atoms with van der Waals surface area (Å²) in [4.78, 5) is 17.1. The molecule has 152 valence electrons. The third-order valence-electron chi connectivity index (χ3n) is 4.81. The molecular formula is C20H27N3O3S2. The number of carbonyl (C=O) groups is 1. The van der Waals surface area contributed by atoms with E-state index in [4.69, 9.17) is 0 Å². The van der Waals surface area contributed by atoms with Crippen molar-refractivity contribution in [2.45, 2.75) is 56.9 Å². The number of nitrogens with one attached hydrogen (secondary N) is 1. The van der Waals surface area contributed by atoms with E-state index in [1.54, 1.807) is 27.8 Å². The minimum absolute atomic E-state index is 0.238. The Kier molecular flexibility index (Phi) is 6.85. The molecule has 1 N–H and O–H groups in total. The Morgan fingerprint density at radius 3 is 2.36 bits per heavy atom. The Morgan fingerprint density at radius 2 is 1.79 bits per heavy atom. The molecule has 3 rings (SSSR count). The van der Waals surface area contributed by atoms with Crippen LogP contribution in [0.1, 0.15) is 66.5 Å². The Balaban J connectivity index is 1.63. The molecule has 1 aliphatic rings. The van der Waals surface area contributed by atoms with Crippen molar-refractivity contribution < 1.29 is 13.2 Å². The Morgan fingerprint density at radius 1 is 1.14 bits per heavy atom. The van der Waals surface area contributed by atoms with Gasteiger partial charge in [-0.15, -0.1) is 11.3 Å². The van der Waals surface area contributed by atoms with E-state index in [0.29, 0.717) is 31.1 Å². The third kappa shape index (κ3) is 4.98. The predicted octanol–water partition coefficient (Wildman–Crippen LogP) is 3.76. The normalized spacial score (nSPS) is 16.1. The second kappa shape index (κ2) is 9.15. The lowest BCUT2D eigenvalue weighted by molar-refractivity contribution is 0.0950. The van der Waals surface area contributed by atoms with Crippen LogP contribution in [0.4, 0.5) is 0 Å². The largest absolute Gasteiger partial charge is 0.346 e. The first-order chi connectivity index (χ1) is 13.4. The summed E-state index contributed by atoms with van der Waals surface area (Å²) in [7, 11) is -3.50. The maximum Gasteiger partial charge on any atom is 0.251 e. The van der Waals surface area contributed by atoms with Crippen molar-refractivity contribution in [3.8, 4) is 0 Å². The molecule has 0 radical (unpaired) electrons. The number of thiazole rings is 1. The summed E-state index contributed by atoms with van der Waals surface area (Å²) < 4.78 is 27.2. The van der Waals surface area contributed by atoms with Crippen molar-refractivity contribution in [1.29, 1.82) is 0 Å². The number of hydrogen-bond acceptors (Lipinski definition) is 5. The van der Waals surface area contributed by atoms with Crippen LogP contribution in [0, 0.1) is 0 Å². The molecule has 1 saturated heterocycles. The van der Waals surface area contributed by atoms with E-state index >= 15 is 0 Å². The van der Waals surface area contributed by atoms with Gasteiger partial charge in [0, 0.05) is 30.0 Å². The minimum atomic E-state index is -3.50. The predicted molar refractivity (Wildman–Crippen MR) is 111 cm³/mol. The highest BCUT2D eigenvalue weighted by molar-refractivity contribution is 7.89. The molecule has 0 atom stereocenters. The quantitative estimate of drug-likeness (QED) is 0.770. The SMILES string of the molecule is CC(C)c1nc(CNC(=O)c2ccc(S(=O)(=O)N3CCCCCC3)cc2)cs1. The van der Waals surface area contributed by atoms with Crippen LogP contribution in [0.15, 0.2) is 34.5 Å². The molecule has 0 saturated carbocycles. The summed E-state index contributed by atoms with van der Waals surface area (Å²) in [6, 6.07) is 6.19. The fraction of sp³-hybridized carbons (Fsp3) is 0.500. The molecule has 8 heteroatoms. The number of carbonyl (C=O) groups excluding carboxylic acids is 1. The molecule has 2 heterocycles. The van der Waals surface area contributed by atoms with Crippen molar-refractivity contribution in [2.24, 2.45) is 0 Å². The zero-order valence-corrected chi connectivity index (χ0v) is 18.0. The van der Waals surface area contributed by atoms with Crippen LogP contribution in [0.25, 0.3) is 0 Å². The Hall–Kier alpha value is -1.77. The van der Waals surface area contributed by atoms with Crippen LogP contribution in [-0.2, 0) is 16.6 Å². The van der Waals surface area contributed by atoms with Crippen molar-refractivity contribution in [3.63, 3.8) is 0 Å². The molecule has 1 amide bonds. The average molecular weight is 422 g/mol. The Labute approximate surface area is 171 Å². The second-order valence-corrected chi connectivity index (χ2v) is 10.2. The van der Waals surface area contributed by atoms with Gasteiger partial charge in [-0.05, 0) is 37.1 Å². The molecular weight excluding hydrogens is 394 g/mol. The van der Waals surface area contributed by atoms with Gasteiger partial charge in [0.1, 0.15) is 0 Å². The van der Waals surface area contributed by atoms with E-state index in [9.17, 15) is 13.2 Å². The Bertz CT molecular complexity index is 897. The van der Waals surface area contributed by atoms with Gasteiger partial charge in [-0.1, -0.05) is 26.7 Å². The van der Waals surface area contributed by atoms with Crippen LogP contribution in [0.2, 0.25) is 0 Å². The lowest BCUT2D eigenvalue weighted by atomic mass is 10.2. The lowest BCUT2D eigenvalue weighted by Gasteiger charge is -2.20. The highest BCUT2D eigenvalue weighted by atomic mass is 32.2. The van der Waals surface area contributed by atoms with Gasteiger partial charge in [0.05, 0.1) is 22.1 Å². The first-order valence-corrected chi connectivity index (χ1v) is 12.0. The topological polar surface area (TPSA) is 79.4 Å². The molecule has 2 aromatic rings. The summed E-state index contributed by atoms with van der Waals surface area (Å²) in [6.45, 7) is 5.66. The summed E-state index contributed by atoms with van der Waals surface area (Å²) in [5, 5.41) is 5.84. The van der Waals surface area contributed by atoms with Crippen LogP contribution >= 0.6 is 11.3 Å². The summed E-state index contributed by atoms with van der Waals surface area (Å²) in [5.41, 5.74) is 1.27. The van der Waals surface area contributed by atoms with Gasteiger partial charge >= 0.3 is 0 Å². The summed E-state index contributed by atoms with van der Waals surface area (Å²) >= 11 is 1.59. The van der Waals surface area contributed by atoms with E-state index < -0.39 is 10.0 Å². The van der Waals surface area contributed by atoms with Crippen LogP contribution < -0.4 is 5.32 Å². The number of sulfonamides is 1. The monoisotopic (exact) mass is 421 g/mol. The zero-order valence-electron chi connectivity index (χ0n) is 16.3. The molecule has 1 aliphatic heterocycles. The smallest absolute Gasteiger partial charge is 0.251 e. The van der Waals surface area contributed by atoms with E-state index in [0.717, 1.165) is 36.4 Å². The van der Waals surface area contributed by atoms with Gasteiger partial charge in [-0.2, -0.15) is 4.31 Å². The standard InChI is InChI=1S/C20H27N3O3S2/c1-15(2)20-22-17(14-27-20)13-21-19(24)16-7-9-18(10-8-16)28(25,26)23-11-5-3-4-6-12-23/h7-10,14-15H,3-6,11-13H2,1-2H3,(H,21,24). The maximum absolute atomic E-state index is 12.8. The van der Waals surface area contributed by atoms with Gasteiger partial charge in [0.2, 0.25) is 10.0 Å². The second-order valence-electron chi connectivity index (χ2n) is 7.36. The van der Waals surface area contributed by atoms with E-state index in [1.807, 2.05) is 5.38 Å². The number of aromatic nitrogens is 1.